The van der Waals surface area contributed by atoms with E-state index in [0.29, 0.717) is 5.56 Å². The number of aromatic nitrogens is 1. The lowest BCUT2D eigenvalue weighted by Gasteiger charge is -2.28. The van der Waals surface area contributed by atoms with Crippen molar-refractivity contribution in [2.24, 2.45) is 0 Å². The minimum Gasteiger partial charge on any atom is -0.310 e. The van der Waals surface area contributed by atoms with Crippen LogP contribution in [0.2, 0.25) is 0 Å². The first kappa shape index (κ1) is 27.0. The number of para-hydroxylation sites is 2. The van der Waals surface area contributed by atoms with Crippen molar-refractivity contribution in [3.05, 3.63) is 230 Å². The third-order valence-electron chi connectivity index (χ3n) is 11.0. The molecule has 1 aromatic heterocycles. The van der Waals surface area contributed by atoms with Gasteiger partial charge in [0.1, 0.15) is 0 Å². The zero-order valence-corrected chi connectivity index (χ0v) is 31.3. The van der Waals surface area contributed by atoms with Crippen molar-refractivity contribution in [1.82, 2.24) is 4.57 Å². The number of fused-ring (bicyclic) bond motifs is 5. The first-order valence-corrected chi connectivity index (χ1v) is 19.4. The molecule has 0 N–H and O–H groups in total. The number of benzene rings is 10. The van der Waals surface area contributed by atoms with E-state index >= 15 is 0 Å². The maximum atomic E-state index is 9.20. The van der Waals surface area contributed by atoms with Crippen molar-refractivity contribution < 1.29 is 9.60 Å². The van der Waals surface area contributed by atoms with Gasteiger partial charge in [0.15, 0.2) is 0 Å². The Hall–Kier alpha value is -7.68. The Morgan fingerprint density at radius 3 is 1.78 bits per heavy atom. The molecule has 0 bridgehead atoms. The predicted molar refractivity (Wildman–Crippen MR) is 247 cm³/mol. The fourth-order valence-corrected chi connectivity index (χ4v) is 8.37. The second-order valence-corrected chi connectivity index (χ2v) is 14.4. The summed E-state index contributed by atoms with van der Waals surface area (Å²) in [4.78, 5) is 2.21. The van der Waals surface area contributed by atoms with E-state index in [1.165, 1.54) is 10.8 Å². The van der Waals surface area contributed by atoms with Gasteiger partial charge in [0.05, 0.1) is 32.0 Å². The second kappa shape index (κ2) is 14.1. The summed E-state index contributed by atoms with van der Waals surface area (Å²) in [5.41, 5.74) is 10.8. The van der Waals surface area contributed by atoms with Crippen LogP contribution in [0.4, 0.5) is 17.1 Å². The maximum Gasteiger partial charge on any atom is 0.0636 e. The van der Waals surface area contributed by atoms with E-state index in [0.717, 1.165) is 66.8 Å². The highest BCUT2D eigenvalue weighted by atomic mass is 15.1. The Balaban J connectivity index is 1.11. The van der Waals surface area contributed by atoms with E-state index in [2.05, 4.69) is 149 Å². The van der Waals surface area contributed by atoms with Gasteiger partial charge < -0.3 is 9.47 Å². The van der Waals surface area contributed by atoms with Gasteiger partial charge in [-0.25, -0.2) is 0 Å². The van der Waals surface area contributed by atoms with Crippen LogP contribution in [0.15, 0.2) is 230 Å². The largest absolute Gasteiger partial charge is 0.310 e. The van der Waals surface area contributed by atoms with Crippen molar-refractivity contribution in [2.75, 3.05) is 4.90 Å². The van der Waals surface area contributed by atoms with E-state index in [1.54, 1.807) is 0 Å². The van der Waals surface area contributed by atoms with Gasteiger partial charge in [0.2, 0.25) is 0 Å². The molecule has 0 saturated heterocycles. The highest BCUT2D eigenvalue weighted by molar-refractivity contribution is 6.17. The van der Waals surface area contributed by atoms with Gasteiger partial charge in [-0.15, -0.1) is 0 Å². The molecule has 10 aromatic carbocycles. The molecule has 0 spiro atoms. The summed E-state index contributed by atoms with van der Waals surface area (Å²) in [6.45, 7) is 0. The Labute approximate surface area is 348 Å². The van der Waals surface area contributed by atoms with Gasteiger partial charge in [0.25, 0.3) is 0 Å². The molecule has 2 nitrogen and oxygen atoms in total. The van der Waals surface area contributed by atoms with E-state index in [9.17, 15) is 1.37 Å². The second-order valence-electron chi connectivity index (χ2n) is 14.4. The van der Waals surface area contributed by atoms with Crippen molar-refractivity contribution in [2.45, 2.75) is 0 Å². The summed E-state index contributed by atoms with van der Waals surface area (Å²) >= 11 is 0. The van der Waals surface area contributed by atoms with Gasteiger partial charge in [-0.05, 0) is 98.5 Å². The number of anilines is 3. The third-order valence-corrected chi connectivity index (χ3v) is 11.0. The van der Waals surface area contributed by atoms with Crippen LogP contribution in [0.5, 0.6) is 0 Å². The van der Waals surface area contributed by atoms with Crippen molar-refractivity contribution in [3.8, 4) is 39.1 Å². The Kier molecular flexibility index (Phi) is 6.57. The molecule has 0 unspecified atom stereocenters. The quantitative estimate of drug-likeness (QED) is 0.158. The van der Waals surface area contributed by atoms with E-state index < -0.39 is 24.2 Å². The van der Waals surface area contributed by atoms with Gasteiger partial charge in [-0.2, -0.15) is 0 Å². The van der Waals surface area contributed by atoms with Crippen LogP contribution >= 0.6 is 0 Å². The molecule has 11 rings (SSSR count). The minimum absolute atomic E-state index is 0.0684. The van der Waals surface area contributed by atoms with Crippen LogP contribution in [0, 0.1) is 0 Å². The van der Waals surface area contributed by atoms with Gasteiger partial charge in [0, 0.05) is 33.1 Å². The molecule has 0 amide bonds. The number of hydrogen-bond donors (Lipinski definition) is 0. The first-order chi connectivity index (χ1) is 31.7. The molecular formula is C56H38N2. The monoisotopic (exact) mass is 745 g/mol. The molecule has 272 valence electrons. The fraction of sp³-hybridized carbons (Fsp3) is 0. The fourth-order valence-electron chi connectivity index (χ4n) is 8.37. The van der Waals surface area contributed by atoms with Gasteiger partial charge in [-0.1, -0.05) is 176 Å². The van der Waals surface area contributed by atoms with Crippen LogP contribution in [0.1, 0.15) is 9.60 Å². The van der Waals surface area contributed by atoms with Crippen LogP contribution < -0.4 is 4.90 Å². The minimum atomic E-state index is -0.490. The lowest BCUT2D eigenvalue weighted by molar-refractivity contribution is 1.20. The van der Waals surface area contributed by atoms with Crippen LogP contribution in [-0.4, -0.2) is 4.57 Å². The third kappa shape index (κ3) is 5.74. The summed E-state index contributed by atoms with van der Waals surface area (Å²) in [5.74, 6) is 0. The molecule has 0 aliphatic heterocycles. The summed E-state index contributed by atoms with van der Waals surface area (Å²) < 4.78 is 63.1. The van der Waals surface area contributed by atoms with E-state index in [-0.39, 0.29) is 34.5 Å². The Morgan fingerprint density at radius 2 is 0.966 bits per heavy atom. The number of nitrogens with zero attached hydrogens (tertiary/aromatic N) is 2. The molecular weight excluding hydrogens is 701 g/mol. The zero-order valence-electron chi connectivity index (χ0n) is 38.3. The predicted octanol–water partition coefficient (Wildman–Crippen LogP) is 15.6. The average Bonchev–Trinajstić information content (AvgIpc) is 3.69. The number of rotatable bonds is 7. The normalized spacial score (nSPS) is 13.1. The maximum absolute atomic E-state index is 9.20. The molecule has 0 radical (unpaired) electrons. The smallest absolute Gasteiger partial charge is 0.0636 e. The summed E-state index contributed by atoms with van der Waals surface area (Å²) in [5, 5.41) is 4.41. The average molecular weight is 746 g/mol. The summed E-state index contributed by atoms with van der Waals surface area (Å²) in [6, 6.07) is 62.1. The standard InChI is InChI=1S/C56H38N2/c1-2-14-39(15-3-1)41-30-34-46(35-31-41)57(47-36-32-42(33-37-47)45-29-28-40-16-4-5-18-44(40)38-45)53-24-10-8-21-49(53)50-23-13-27-55-56(50)51-22-9-11-25-54(51)58(55)52-26-12-19-43-17-6-7-20-48(43)52/h1-38H/i4D,5D,16D,18D,28D,29D,38D. The SMILES string of the molecule is [2H]c1c([2H])c([2H])c2c([2H])c(-c3ccc(N(c4ccc(-c5ccccc5)cc4)c4ccccc4-c4cccc5c4c4ccccc4n5-c4cccc5ccccc45)cc3)c([2H])c([2H])c2c1[2H]. The van der Waals surface area contributed by atoms with Crippen molar-refractivity contribution in [3.63, 3.8) is 0 Å². The molecule has 58 heavy (non-hydrogen) atoms. The zero-order chi connectivity index (χ0) is 44.5. The highest BCUT2D eigenvalue weighted by Gasteiger charge is 2.22. The van der Waals surface area contributed by atoms with Crippen LogP contribution in [0.25, 0.3) is 82.4 Å². The molecule has 1 heterocycles. The topological polar surface area (TPSA) is 8.17 Å². The van der Waals surface area contributed by atoms with Crippen molar-refractivity contribution in [1.29, 1.82) is 0 Å². The van der Waals surface area contributed by atoms with Crippen LogP contribution in [-0.2, 0) is 0 Å². The summed E-state index contributed by atoms with van der Waals surface area (Å²) in [6.07, 6.45) is 0. The van der Waals surface area contributed by atoms with Gasteiger partial charge in [-0.3, -0.25) is 0 Å². The first-order valence-electron chi connectivity index (χ1n) is 22.9. The molecule has 0 aliphatic carbocycles. The van der Waals surface area contributed by atoms with Crippen molar-refractivity contribution >= 4 is 60.4 Å². The number of hydrogen-bond acceptors (Lipinski definition) is 1. The van der Waals surface area contributed by atoms with Gasteiger partial charge >= 0.3 is 0 Å². The molecule has 0 aliphatic rings. The van der Waals surface area contributed by atoms with Crippen LogP contribution in [0.3, 0.4) is 0 Å². The lowest BCUT2D eigenvalue weighted by Crippen LogP contribution is -2.11. The molecule has 0 fully saturated rings. The molecule has 0 atom stereocenters. The molecule has 11 aromatic rings. The molecule has 2 heteroatoms. The summed E-state index contributed by atoms with van der Waals surface area (Å²) in [7, 11) is 0. The van der Waals surface area contributed by atoms with E-state index in [4.69, 9.17) is 8.22 Å². The van der Waals surface area contributed by atoms with E-state index in [1.807, 2.05) is 48.5 Å². The molecule has 0 saturated carbocycles. The highest BCUT2D eigenvalue weighted by Crippen LogP contribution is 2.46. The Morgan fingerprint density at radius 1 is 0.379 bits per heavy atom. The Bertz CT molecular complexity index is 3670. The lowest BCUT2D eigenvalue weighted by atomic mass is 9.96.